The number of ether oxygens (including phenoxy) is 2. The van der Waals surface area contributed by atoms with Crippen molar-refractivity contribution in [3.8, 4) is 5.75 Å². The van der Waals surface area contributed by atoms with Crippen LogP contribution in [0.15, 0.2) is 54.6 Å². The lowest BCUT2D eigenvalue weighted by Gasteiger charge is -2.12. The lowest BCUT2D eigenvalue weighted by Crippen LogP contribution is -2.21. The molecule has 0 aliphatic rings. The van der Waals surface area contributed by atoms with Crippen LogP contribution >= 0.6 is 0 Å². The molecule has 144 valence electrons. The van der Waals surface area contributed by atoms with E-state index in [9.17, 15) is 9.59 Å². The van der Waals surface area contributed by atoms with Gasteiger partial charge in [-0.2, -0.15) is 0 Å². The number of hydrogen-bond acceptors (Lipinski definition) is 5. The van der Waals surface area contributed by atoms with Crippen molar-refractivity contribution in [2.24, 2.45) is 0 Å². The lowest BCUT2D eigenvalue weighted by molar-refractivity contribution is -0.119. The van der Waals surface area contributed by atoms with Gasteiger partial charge in [0.2, 0.25) is 0 Å². The zero-order chi connectivity index (χ0) is 20.1. The Morgan fingerprint density at radius 2 is 1.79 bits per heavy atom. The molecule has 0 radical (unpaired) electrons. The molecule has 0 atom stereocenters. The number of nitrogens with zero attached hydrogens (tertiary/aromatic N) is 1. The summed E-state index contributed by atoms with van der Waals surface area (Å²) in [5.74, 6) is -0.315. The van der Waals surface area contributed by atoms with Crippen LogP contribution in [-0.2, 0) is 9.53 Å². The minimum atomic E-state index is -0.560. The van der Waals surface area contributed by atoms with Gasteiger partial charge in [-0.15, -0.1) is 0 Å². The van der Waals surface area contributed by atoms with E-state index in [-0.39, 0.29) is 5.92 Å². The van der Waals surface area contributed by atoms with Gasteiger partial charge in [0.1, 0.15) is 5.75 Å². The molecule has 0 aliphatic carbocycles. The zero-order valence-electron chi connectivity index (χ0n) is 16.1. The number of esters is 1. The molecule has 1 aromatic heterocycles. The normalized spacial score (nSPS) is 10.7. The highest BCUT2D eigenvalue weighted by atomic mass is 16.5. The van der Waals surface area contributed by atoms with E-state index < -0.39 is 18.5 Å². The van der Waals surface area contributed by atoms with Crippen LogP contribution in [0.5, 0.6) is 5.75 Å². The van der Waals surface area contributed by atoms with Crippen LogP contribution in [0.2, 0.25) is 0 Å². The van der Waals surface area contributed by atoms with Crippen molar-refractivity contribution in [2.75, 3.05) is 19.0 Å². The highest BCUT2D eigenvalue weighted by molar-refractivity contribution is 6.04. The Morgan fingerprint density at radius 1 is 1.07 bits per heavy atom. The Balaban J connectivity index is 1.75. The van der Waals surface area contributed by atoms with E-state index in [1.54, 1.807) is 30.3 Å². The summed E-state index contributed by atoms with van der Waals surface area (Å²) in [7, 11) is 1.52. The van der Waals surface area contributed by atoms with E-state index in [1.807, 2.05) is 38.1 Å². The molecule has 1 N–H and O–H groups in total. The van der Waals surface area contributed by atoms with Crippen LogP contribution in [0.25, 0.3) is 10.9 Å². The molecule has 1 amide bonds. The van der Waals surface area contributed by atoms with Crippen LogP contribution in [0.3, 0.4) is 0 Å². The second kappa shape index (κ2) is 8.52. The fourth-order valence-corrected chi connectivity index (χ4v) is 2.80. The van der Waals surface area contributed by atoms with Gasteiger partial charge in [0.15, 0.2) is 6.61 Å². The number of aromatic nitrogens is 1. The molecule has 0 aliphatic heterocycles. The predicted octanol–water partition coefficient (Wildman–Crippen LogP) is 4.16. The molecule has 28 heavy (non-hydrogen) atoms. The minimum Gasteiger partial charge on any atom is -0.495 e. The maximum absolute atomic E-state index is 12.7. The van der Waals surface area contributed by atoms with Crippen molar-refractivity contribution in [2.45, 2.75) is 19.8 Å². The Morgan fingerprint density at radius 3 is 2.54 bits per heavy atom. The third-order valence-electron chi connectivity index (χ3n) is 4.26. The smallest absolute Gasteiger partial charge is 0.339 e. The molecular weight excluding hydrogens is 356 g/mol. The molecule has 0 bridgehead atoms. The molecule has 1 heterocycles. The van der Waals surface area contributed by atoms with E-state index in [0.29, 0.717) is 22.4 Å². The molecule has 6 heteroatoms. The van der Waals surface area contributed by atoms with Crippen LogP contribution in [0, 0.1) is 0 Å². The number of carbonyl (C=O) groups is 2. The van der Waals surface area contributed by atoms with Crippen molar-refractivity contribution in [3.63, 3.8) is 0 Å². The second-order valence-corrected chi connectivity index (χ2v) is 6.59. The number of benzene rings is 2. The predicted molar refractivity (Wildman–Crippen MR) is 108 cm³/mol. The van der Waals surface area contributed by atoms with Crippen molar-refractivity contribution >= 4 is 28.5 Å². The van der Waals surface area contributed by atoms with Crippen LogP contribution < -0.4 is 10.1 Å². The number of rotatable bonds is 6. The summed E-state index contributed by atoms with van der Waals surface area (Å²) in [6.07, 6.45) is 0. The number of amides is 1. The molecule has 0 unspecified atom stereocenters. The number of pyridine rings is 1. The first-order valence-corrected chi connectivity index (χ1v) is 8.99. The van der Waals surface area contributed by atoms with Gasteiger partial charge < -0.3 is 14.8 Å². The summed E-state index contributed by atoms with van der Waals surface area (Å²) in [5, 5.41) is 3.38. The van der Waals surface area contributed by atoms with E-state index in [4.69, 9.17) is 9.47 Å². The lowest BCUT2D eigenvalue weighted by atomic mass is 10.0. The van der Waals surface area contributed by atoms with Crippen LogP contribution in [0.1, 0.15) is 35.8 Å². The van der Waals surface area contributed by atoms with Gasteiger partial charge in [-0.3, -0.25) is 9.78 Å². The van der Waals surface area contributed by atoms with E-state index >= 15 is 0 Å². The molecule has 0 spiro atoms. The Bertz CT molecular complexity index is 1010. The number of para-hydroxylation sites is 3. The Kier molecular flexibility index (Phi) is 5.89. The summed E-state index contributed by atoms with van der Waals surface area (Å²) in [4.78, 5) is 29.4. The number of methoxy groups -OCH3 is 1. The fourth-order valence-electron chi connectivity index (χ4n) is 2.80. The SMILES string of the molecule is COc1ccccc1NC(=O)COC(=O)c1cc(C(C)C)nc2ccccc12. The Hall–Kier alpha value is -3.41. The summed E-state index contributed by atoms with van der Waals surface area (Å²) in [6.45, 7) is 3.62. The van der Waals surface area contributed by atoms with Gasteiger partial charge in [-0.05, 0) is 30.2 Å². The summed E-state index contributed by atoms with van der Waals surface area (Å²) >= 11 is 0. The third kappa shape index (κ3) is 4.28. The number of fused-ring (bicyclic) bond motifs is 1. The van der Waals surface area contributed by atoms with Crippen molar-refractivity contribution in [1.29, 1.82) is 0 Å². The molecule has 0 saturated heterocycles. The molecule has 3 rings (SSSR count). The zero-order valence-corrected chi connectivity index (χ0v) is 16.1. The average molecular weight is 378 g/mol. The molecule has 2 aromatic carbocycles. The van der Waals surface area contributed by atoms with Crippen LogP contribution in [-0.4, -0.2) is 30.6 Å². The molecule has 3 aromatic rings. The third-order valence-corrected chi connectivity index (χ3v) is 4.26. The highest BCUT2D eigenvalue weighted by Crippen LogP contribution is 2.24. The van der Waals surface area contributed by atoms with Gasteiger partial charge in [-0.25, -0.2) is 4.79 Å². The minimum absolute atomic E-state index is 0.157. The van der Waals surface area contributed by atoms with Crippen molar-refractivity contribution in [1.82, 2.24) is 4.98 Å². The van der Waals surface area contributed by atoms with Gasteiger partial charge >= 0.3 is 5.97 Å². The van der Waals surface area contributed by atoms with Crippen molar-refractivity contribution in [3.05, 3.63) is 65.9 Å². The van der Waals surface area contributed by atoms with Crippen LogP contribution in [0.4, 0.5) is 5.69 Å². The molecule has 0 fully saturated rings. The molecular formula is C22H22N2O4. The van der Waals surface area contributed by atoms with Gasteiger partial charge in [0, 0.05) is 11.1 Å². The van der Waals surface area contributed by atoms with Gasteiger partial charge in [0.25, 0.3) is 5.91 Å². The molecule has 0 saturated carbocycles. The quantitative estimate of drug-likeness (QED) is 0.652. The largest absolute Gasteiger partial charge is 0.495 e. The molecule has 6 nitrogen and oxygen atoms in total. The summed E-state index contributed by atoms with van der Waals surface area (Å²) in [5.41, 5.74) is 2.44. The maximum Gasteiger partial charge on any atom is 0.339 e. The monoisotopic (exact) mass is 378 g/mol. The van der Waals surface area contributed by atoms with Gasteiger partial charge in [0.05, 0.1) is 23.9 Å². The summed E-state index contributed by atoms with van der Waals surface area (Å²) < 4.78 is 10.5. The first kappa shape index (κ1) is 19.4. The second-order valence-electron chi connectivity index (χ2n) is 6.59. The highest BCUT2D eigenvalue weighted by Gasteiger charge is 2.17. The van der Waals surface area contributed by atoms with E-state index in [2.05, 4.69) is 10.3 Å². The van der Waals surface area contributed by atoms with E-state index in [1.165, 1.54) is 7.11 Å². The van der Waals surface area contributed by atoms with Crippen molar-refractivity contribution < 1.29 is 19.1 Å². The Labute approximate surface area is 163 Å². The standard InChI is InChI=1S/C22H22N2O4/c1-14(2)19-12-16(15-8-4-5-9-17(15)23-19)22(26)28-13-21(25)24-18-10-6-7-11-20(18)27-3/h4-12,14H,13H2,1-3H3,(H,24,25). The number of anilines is 1. The fraction of sp³-hybridized carbons (Fsp3) is 0.227. The van der Waals surface area contributed by atoms with Gasteiger partial charge in [-0.1, -0.05) is 44.2 Å². The first-order chi connectivity index (χ1) is 13.5. The van der Waals surface area contributed by atoms with E-state index in [0.717, 1.165) is 11.2 Å². The first-order valence-electron chi connectivity index (χ1n) is 8.99. The number of nitrogens with one attached hydrogen (secondary N) is 1. The number of hydrogen-bond donors (Lipinski definition) is 1. The maximum atomic E-state index is 12.7. The average Bonchev–Trinajstić information content (AvgIpc) is 2.71. The number of carbonyl (C=O) groups excluding carboxylic acids is 2. The summed E-state index contributed by atoms with van der Waals surface area (Å²) in [6, 6.07) is 16.1. The topological polar surface area (TPSA) is 77.5 Å².